The van der Waals surface area contributed by atoms with Crippen molar-refractivity contribution in [2.24, 2.45) is 7.05 Å². The molecule has 0 bridgehead atoms. The molecule has 2 heterocycles. The first kappa shape index (κ1) is 15.0. The van der Waals surface area contributed by atoms with Gasteiger partial charge < -0.3 is 4.81 Å². The maximum absolute atomic E-state index is 2.37. The molecule has 0 saturated carbocycles. The van der Waals surface area contributed by atoms with Crippen LogP contribution in [0.25, 0.3) is 17.0 Å². The van der Waals surface area contributed by atoms with E-state index in [-0.39, 0.29) is 6.85 Å². The average Bonchev–Trinajstić information content (AvgIpc) is 2.58. The summed E-state index contributed by atoms with van der Waals surface area (Å²) in [7, 11) is 4.37. The monoisotopic (exact) mass is 313 g/mol. The standard InChI is InChI=1S/C21H22BN2/c1-15-8-7-11-20-18(15)12-13-21(23(20)3)22-19-10-6-5-9-17(19)14-16(2)24(22)4/h5-14H,1-4H3/q+1. The molecular weight excluding hydrogens is 291 g/mol. The molecule has 3 heteroatoms. The molecule has 0 saturated heterocycles. The number of pyridine rings is 1. The average molecular weight is 313 g/mol. The zero-order valence-corrected chi connectivity index (χ0v) is 14.7. The molecule has 4 rings (SSSR count). The Labute approximate surface area is 144 Å². The lowest BCUT2D eigenvalue weighted by Gasteiger charge is -2.31. The van der Waals surface area contributed by atoms with Crippen molar-refractivity contribution >= 4 is 34.9 Å². The Bertz CT molecular complexity index is 975. The van der Waals surface area contributed by atoms with Gasteiger partial charge in [-0.25, -0.2) is 4.57 Å². The van der Waals surface area contributed by atoms with Crippen molar-refractivity contribution < 1.29 is 4.57 Å². The lowest BCUT2D eigenvalue weighted by Crippen LogP contribution is -2.66. The summed E-state index contributed by atoms with van der Waals surface area (Å²) in [5, 5.41) is 1.32. The van der Waals surface area contributed by atoms with Crippen molar-refractivity contribution in [1.82, 2.24) is 4.81 Å². The van der Waals surface area contributed by atoms with Crippen LogP contribution in [0.5, 0.6) is 0 Å². The van der Waals surface area contributed by atoms with Gasteiger partial charge in [0.05, 0.1) is 0 Å². The van der Waals surface area contributed by atoms with E-state index in [2.05, 4.69) is 98.0 Å². The number of hydrogen-bond donors (Lipinski definition) is 0. The second-order valence-corrected chi connectivity index (χ2v) is 6.75. The van der Waals surface area contributed by atoms with Gasteiger partial charge in [-0.15, -0.1) is 0 Å². The Kier molecular flexibility index (Phi) is 3.45. The van der Waals surface area contributed by atoms with E-state index < -0.39 is 0 Å². The van der Waals surface area contributed by atoms with E-state index in [9.17, 15) is 0 Å². The lowest BCUT2D eigenvalue weighted by molar-refractivity contribution is -0.627. The smallest absolute Gasteiger partial charge is 0.404 e. The van der Waals surface area contributed by atoms with Gasteiger partial charge in [0.1, 0.15) is 7.05 Å². The number of allylic oxidation sites excluding steroid dienone is 1. The van der Waals surface area contributed by atoms with E-state index in [1.807, 2.05) is 0 Å². The fraction of sp³-hybridized carbons (Fsp3) is 0.190. The van der Waals surface area contributed by atoms with Crippen LogP contribution in [0.2, 0.25) is 0 Å². The third-order valence-electron chi connectivity index (χ3n) is 5.35. The minimum absolute atomic E-state index is 0.237. The molecule has 2 nitrogen and oxygen atoms in total. The quantitative estimate of drug-likeness (QED) is 0.494. The van der Waals surface area contributed by atoms with Gasteiger partial charge in [0.15, 0.2) is 5.59 Å². The first-order valence-electron chi connectivity index (χ1n) is 8.46. The number of fused-ring (bicyclic) bond motifs is 2. The summed E-state index contributed by atoms with van der Waals surface area (Å²) in [5.74, 6) is 0. The number of nitrogens with zero attached hydrogens (tertiary/aromatic N) is 2. The number of rotatable bonds is 1. The number of benzene rings is 2. The fourth-order valence-electron chi connectivity index (χ4n) is 3.86. The van der Waals surface area contributed by atoms with Crippen LogP contribution < -0.4 is 15.6 Å². The first-order chi connectivity index (χ1) is 11.6. The van der Waals surface area contributed by atoms with E-state index >= 15 is 0 Å². The Morgan fingerprint density at radius 3 is 2.54 bits per heavy atom. The maximum atomic E-state index is 2.37. The topological polar surface area (TPSA) is 7.12 Å². The third-order valence-corrected chi connectivity index (χ3v) is 5.35. The summed E-state index contributed by atoms with van der Waals surface area (Å²) in [6.07, 6.45) is 2.27. The normalized spacial score (nSPS) is 13.9. The highest BCUT2D eigenvalue weighted by Crippen LogP contribution is 2.18. The molecule has 0 atom stereocenters. The van der Waals surface area contributed by atoms with Crippen molar-refractivity contribution in [3.05, 3.63) is 71.4 Å². The molecule has 0 N–H and O–H groups in total. The number of hydrogen-bond acceptors (Lipinski definition) is 1. The van der Waals surface area contributed by atoms with Crippen LogP contribution in [-0.4, -0.2) is 18.7 Å². The van der Waals surface area contributed by atoms with Crippen molar-refractivity contribution in [3.8, 4) is 0 Å². The van der Waals surface area contributed by atoms with Gasteiger partial charge >= 0.3 is 6.85 Å². The van der Waals surface area contributed by atoms with Gasteiger partial charge in [0.25, 0.3) is 0 Å². The largest absolute Gasteiger partial charge is 0.408 e. The predicted octanol–water partition coefficient (Wildman–Crippen LogP) is 2.38. The van der Waals surface area contributed by atoms with Gasteiger partial charge in [-0.05, 0) is 61.4 Å². The van der Waals surface area contributed by atoms with E-state index in [1.54, 1.807) is 0 Å². The molecule has 0 radical (unpaired) electrons. The Balaban J connectivity index is 1.97. The summed E-state index contributed by atoms with van der Waals surface area (Å²) in [5.41, 5.74) is 7.91. The molecule has 0 amide bonds. The van der Waals surface area contributed by atoms with Crippen molar-refractivity contribution in [1.29, 1.82) is 0 Å². The molecule has 0 fully saturated rings. The molecule has 0 aliphatic carbocycles. The van der Waals surface area contributed by atoms with Gasteiger partial charge in [-0.3, -0.25) is 0 Å². The summed E-state index contributed by atoms with van der Waals surface area (Å²) < 4.78 is 2.35. The van der Waals surface area contributed by atoms with E-state index in [0.29, 0.717) is 0 Å². The van der Waals surface area contributed by atoms with Crippen LogP contribution in [0.1, 0.15) is 18.1 Å². The minimum atomic E-state index is 0.237. The van der Waals surface area contributed by atoms with E-state index in [1.165, 1.54) is 38.8 Å². The molecule has 24 heavy (non-hydrogen) atoms. The summed E-state index contributed by atoms with van der Waals surface area (Å²) in [4.78, 5) is 2.37. The Hall–Kier alpha value is -2.55. The van der Waals surface area contributed by atoms with E-state index in [0.717, 1.165) is 0 Å². The molecule has 2 aromatic carbocycles. The van der Waals surface area contributed by atoms with Crippen LogP contribution in [0, 0.1) is 6.92 Å². The van der Waals surface area contributed by atoms with Gasteiger partial charge in [0.2, 0.25) is 5.52 Å². The first-order valence-corrected chi connectivity index (χ1v) is 8.46. The molecule has 3 aromatic rings. The highest BCUT2D eigenvalue weighted by Gasteiger charge is 2.37. The van der Waals surface area contributed by atoms with Gasteiger partial charge in [-0.2, -0.15) is 0 Å². The van der Waals surface area contributed by atoms with Crippen LogP contribution in [-0.2, 0) is 7.05 Å². The van der Waals surface area contributed by atoms with Crippen LogP contribution in [0.3, 0.4) is 0 Å². The maximum Gasteiger partial charge on any atom is 0.404 e. The third kappa shape index (κ3) is 2.15. The second-order valence-electron chi connectivity index (χ2n) is 6.75. The van der Waals surface area contributed by atoms with Crippen LogP contribution in [0.15, 0.2) is 60.3 Å². The zero-order chi connectivity index (χ0) is 16.8. The highest BCUT2D eigenvalue weighted by atomic mass is 15.1. The van der Waals surface area contributed by atoms with Crippen LogP contribution in [0.4, 0.5) is 0 Å². The molecule has 0 unspecified atom stereocenters. The van der Waals surface area contributed by atoms with Gasteiger partial charge in [0, 0.05) is 11.5 Å². The molecule has 1 aromatic heterocycles. The summed E-state index contributed by atoms with van der Waals surface area (Å²) in [6, 6.07) is 19.8. The van der Waals surface area contributed by atoms with Crippen molar-refractivity contribution in [2.75, 3.05) is 7.05 Å². The lowest BCUT2D eigenvalue weighted by atomic mass is 9.48. The fourth-order valence-corrected chi connectivity index (χ4v) is 3.86. The summed E-state index contributed by atoms with van der Waals surface area (Å²) >= 11 is 0. The van der Waals surface area contributed by atoms with E-state index in [4.69, 9.17) is 0 Å². The predicted molar refractivity (Wildman–Crippen MR) is 103 cm³/mol. The minimum Gasteiger partial charge on any atom is -0.408 e. The molecule has 0 spiro atoms. The highest BCUT2D eigenvalue weighted by molar-refractivity contribution is 6.83. The Morgan fingerprint density at radius 2 is 1.71 bits per heavy atom. The molecule has 118 valence electrons. The molecule has 1 aliphatic rings. The van der Waals surface area contributed by atoms with Gasteiger partial charge in [-0.1, -0.05) is 36.4 Å². The van der Waals surface area contributed by atoms with Crippen LogP contribution >= 0.6 is 0 Å². The zero-order valence-electron chi connectivity index (χ0n) is 14.7. The summed E-state index contributed by atoms with van der Waals surface area (Å²) in [6.45, 7) is 4.60. The number of aryl methyl sites for hydroxylation is 2. The number of aromatic nitrogens is 1. The SMILES string of the molecule is CC1=Cc2ccccc2B(c2ccc3c(C)cccc3[n+]2C)N1C. The Morgan fingerprint density at radius 1 is 0.917 bits per heavy atom. The second kappa shape index (κ2) is 5.52. The molecular formula is C21H22BN2+. The van der Waals surface area contributed by atoms with Crippen molar-refractivity contribution in [3.63, 3.8) is 0 Å². The van der Waals surface area contributed by atoms with Crippen molar-refractivity contribution in [2.45, 2.75) is 13.8 Å². The molecule has 1 aliphatic heterocycles.